The van der Waals surface area contributed by atoms with Crippen LogP contribution in [0.4, 0.5) is 5.82 Å². The number of nitrogens with one attached hydrogen (secondary N) is 1. The first-order valence-electron chi connectivity index (χ1n) is 11.3. The average Bonchev–Trinajstić information content (AvgIpc) is 3.42. The topological polar surface area (TPSA) is 104 Å². The van der Waals surface area contributed by atoms with Crippen LogP contribution in [0.5, 0.6) is 5.75 Å². The molecule has 0 amide bonds. The van der Waals surface area contributed by atoms with Gasteiger partial charge in [-0.1, -0.05) is 12.1 Å². The molecule has 9 nitrogen and oxygen atoms in total. The van der Waals surface area contributed by atoms with Crippen LogP contribution in [-0.2, 0) is 16.9 Å². The molecule has 1 aliphatic rings. The number of hydrogen-bond acceptors (Lipinski definition) is 7. The number of sulfone groups is 1. The van der Waals surface area contributed by atoms with Gasteiger partial charge in [0.15, 0.2) is 9.84 Å². The first-order valence-corrected chi connectivity index (χ1v) is 13.2. The molecule has 0 radical (unpaired) electrons. The van der Waals surface area contributed by atoms with Crippen LogP contribution in [0.1, 0.15) is 31.7 Å². The first-order chi connectivity index (χ1) is 16.3. The number of anilines is 1. The molecule has 0 bridgehead atoms. The van der Waals surface area contributed by atoms with E-state index in [1.54, 1.807) is 28.9 Å². The molecule has 0 unspecified atom stereocenters. The fourth-order valence-corrected chi connectivity index (χ4v) is 5.45. The Morgan fingerprint density at radius 2 is 1.88 bits per heavy atom. The molecule has 34 heavy (non-hydrogen) atoms. The van der Waals surface area contributed by atoms with Crippen LogP contribution in [-0.4, -0.2) is 52.4 Å². The summed E-state index contributed by atoms with van der Waals surface area (Å²) < 4.78 is 34.3. The molecular weight excluding hydrogens is 452 g/mol. The summed E-state index contributed by atoms with van der Waals surface area (Å²) in [4.78, 5) is 4.74. The van der Waals surface area contributed by atoms with E-state index in [-0.39, 0.29) is 17.0 Å². The van der Waals surface area contributed by atoms with Crippen molar-refractivity contribution in [2.75, 3.05) is 18.6 Å². The molecule has 1 aromatic carbocycles. The van der Waals surface area contributed by atoms with Gasteiger partial charge in [0.05, 0.1) is 23.9 Å². The minimum Gasteiger partial charge on any atom is -0.489 e. The summed E-state index contributed by atoms with van der Waals surface area (Å²) in [7, 11) is 0.398. The highest BCUT2D eigenvalue weighted by Crippen LogP contribution is 2.37. The molecule has 1 fully saturated rings. The lowest BCUT2D eigenvalue weighted by Crippen LogP contribution is -2.26. The molecule has 1 aliphatic carbocycles. The zero-order valence-corrected chi connectivity index (χ0v) is 20.3. The van der Waals surface area contributed by atoms with Gasteiger partial charge in [-0.2, -0.15) is 10.2 Å². The highest BCUT2D eigenvalue weighted by Gasteiger charge is 2.28. The number of rotatable bonds is 6. The smallest absolute Gasteiger partial charge is 0.179 e. The molecular formula is C24H28N6O3S. The number of fused-ring (bicyclic) bond motifs is 1. The highest BCUT2D eigenvalue weighted by molar-refractivity contribution is 7.90. The van der Waals surface area contributed by atoms with Crippen molar-refractivity contribution in [2.24, 2.45) is 7.05 Å². The predicted octanol–water partition coefficient (Wildman–Crippen LogP) is 3.84. The largest absolute Gasteiger partial charge is 0.489 e. The Morgan fingerprint density at radius 1 is 1.12 bits per heavy atom. The zero-order valence-electron chi connectivity index (χ0n) is 19.5. The van der Waals surface area contributed by atoms with Crippen molar-refractivity contribution >= 4 is 26.6 Å². The number of nitrogens with zero attached hydrogens (tertiary/aromatic N) is 5. The Hall–Kier alpha value is -3.40. The monoisotopic (exact) mass is 480 g/mol. The van der Waals surface area contributed by atoms with Crippen LogP contribution in [0.15, 0.2) is 53.8 Å². The maximum atomic E-state index is 12.1. The van der Waals surface area contributed by atoms with Gasteiger partial charge in [0.2, 0.25) is 0 Å². The molecule has 3 aromatic heterocycles. The number of ether oxygens (including phenoxy) is 1. The van der Waals surface area contributed by atoms with Crippen LogP contribution >= 0.6 is 0 Å². The second-order valence-corrected chi connectivity index (χ2v) is 10.8. The normalized spacial score (nSPS) is 18.8. The number of hydrogen-bond donors (Lipinski definition) is 1. The van der Waals surface area contributed by atoms with E-state index in [1.165, 1.54) is 6.26 Å². The van der Waals surface area contributed by atoms with Gasteiger partial charge in [-0.15, -0.1) is 0 Å². The Kier molecular flexibility index (Phi) is 5.76. The van der Waals surface area contributed by atoms with Crippen LogP contribution in [0, 0.1) is 0 Å². The minimum absolute atomic E-state index is 0.0340. The molecule has 5 rings (SSSR count). The summed E-state index contributed by atoms with van der Waals surface area (Å²) in [5, 5.41) is 13.4. The summed E-state index contributed by atoms with van der Waals surface area (Å²) in [6, 6.07) is 9.10. The SMILES string of the molecule is CNc1cc2c(cn1)c(-c1cnn(C)c1)nn2C1CCC(Oc2ccccc2S(C)(=O)=O)CC1. The fraction of sp³-hybridized carbons (Fsp3) is 0.375. The standard InChI is InChI=1S/C24H28N6O3S/c1-25-23-12-20-19(14-26-23)24(16-13-27-29(2)15-16)28-30(20)17-8-10-18(11-9-17)33-21-6-4-5-7-22(21)34(3,31)32/h4-7,12-15,17-18H,8-11H2,1-3H3,(H,25,26). The van der Waals surface area contributed by atoms with E-state index in [0.29, 0.717) is 5.75 Å². The summed E-state index contributed by atoms with van der Waals surface area (Å²) in [6.45, 7) is 0. The third kappa shape index (κ3) is 4.25. The number of aryl methyl sites for hydroxylation is 1. The van der Waals surface area contributed by atoms with Crippen LogP contribution in [0.2, 0.25) is 0 Å². The molecule has 0 spiro atoms. The van der Waals surface area contributed by atoms with E-state index < -0.39 is 9.84 Å². The van der Waals surface area contributed by atoms with Crippen LogP contribution in [0.3, 0.4) is 0 Å². The van der Waals surface area contributed by atoms with Gasteiger partial charge < -0.3 is 10.1 Å². The summed E-state index contributed by atoms with van der Waals surface area (Å²) in [5.74, 6) is 1.22. The van der Waals surface area contributed by atoms with Crippen LogP contribution < -0.4 is 10.1 Å². The van der Waals surface area contributed by atoms with E-state index >= 15 is 0 Å². The van der Waals surface area contributed by atoms with Crippen molar-refractivity contribution in [1.82, 2.24) is 24.5 Å². The predicted molar refractivity (Wildman–Crippen MR) is 131 cm³/mol. The van der Waals surface area contributed by atoms with Gasteiger partial charge in [-0.05, 0) is 37.8 Å². The van der Waals surface area contributed by atoms with Crippen molar-refractivity contribution < 1.29 is 13.2 Å². The van der Waals surface area contributed by atoms with Gasteiger partial charge in [0.1, 0.15) is 22.2 Å². The minimum atomic E-state index is -3.35. The third-order valence-electron chi connectivity index (χ3n) is 6.36. The number of pyridine rings is 1. The van der Waals surface area contributed by atoms with Gasteiger partial charge in [-0.3, -0.25) is 9.36 Å². The van der Waals surface area contributed by atoms with Gasteiger partial charge in [-0.25, -0.2) is 13.4 Å². The van der Waals surface area contributed by atoms with Crippen LogP contribution in [0.25, 0.3) is 22.2 Å². The van der Waals surface area contributed by atoms with Gasteiger partial charge in [0.25, 0.3) is 0 Å². The summed E-state index contributed by atoms with van der Waals surface area (Å²) in [6.07, 6.45) is 10.2. The first kappa shape index (κ1) is 22.4. The quantitative estimate of drug-likeness (QED) is 0.447. The van der Waals surface area contributed by atoms with Crippen molar-refractivity contribution in [3.05, 3.63) is 48.9 Å². The molecule has 3 heterocycles. The molecule has 10 heteroatoms. The number of para-hydroxylation sites is 1. The molecule has 0 saturated heterocycles. The summed E-state index contributed by atoms with van der Waals surface area (Å²) >= 11 is 0. The maximum Gasteiger partial charge on any atom is 0.179 e. The average molecular weight is 481 g/mol. The van der Waals surface area contributed by atoms with E-state index in [1.807, 2.05) is 38.8 Å². The van der Waals surface area contributed by atoms with Crippen molar-refractivity contribution in [3.8, 4) is 17.0 Å². The Labute approximate surface area is 198 Å². The second kappa shape index (κ2) is 8.75. The highest BCUT2D eigenvalue weighted by atomic mass is 32.2. The van der Waals surface area contributed by atoms with E-state index in [0.717, 1.165) is 53.7 Å². The fourth-order valence-electron chi connectivity index (χ4n) is 4.65. The van der Waals surface area contributed by atoms with Crippen molar-refractivity contribution in [3.63, 3.8) is 0 Å². The van der Waals surface area contributed by atoms with E-state index in [4.69, 9.17) is 9.84 Å². The molecule has 0 atom stereocenters. The van der Waals surface area contributed by atoms with Crippen molar-refractivity contribution in [1.29, 1.82) is 0 Å². The lowest BCUT2D eigenvalue weighted by molar-refractivity contribution is 0.127. The third-order valence-corrected chi connectivity index (χ3v) is 7.49. The van der Waals surface area contributed by atoms with Gasteiger partial charge >= 0.3 is 0 Å². The lowest BCUT2D eigenvalue weighted by atomic mass is 9.93. The second-order valence-electron chi connectivity index (χ2n) is 8.80. The molecule has 1 N–H and O–H groups in total. The maximum absolute atomic E-state index is 12.1. The number of benzene rings is 1. The van der Waals surface area contributed by atoms with Crippen molar-refractivity contribution in [2.45, 2.75) is 42.7 Å². The number of aromatic nitrogens is 5. The Balaban J connectivity index is 1.40. The molecule has 0 aliphatic heterocycles. The molecule has 4 aromatic rings. The molecule has 1 saturated carbocycles. The van der Waals surface area contributed by atoms with E-state index in [9.17, 15) is 8.42 Å². The Morgan fingerprint density at radius 3 is 2.56 bits per heavy atom. The summed E-state index contributed by atoms with van der Waals surface area (Å²) in [5.41, 5.74) is 2.86. The zero-order chi connectivity index (χ0) is 23.9. The Bertz CT molecular complexity index is 1430. The lowest BCUT2D eigenvalue weighted by Gasteiger charge is -2.30. The van der Waals surface area contributed by atoms with E-state index in [2.05, 4.69) is 20.1 Å². The molecule has 178 valence electrons. The van der Waals surface area contributed by atoms with Gasteiger partial charge in [0, 0.05) is 49.8 Å².